The van der Waals surface area contributed by atoms with E-state index in [0.717, 1.165) is 19.6 Å². The Balaban J connectivity index is 1.56. The van der Waals surface area contributed by atoms with Crippen molar-refractivity contribution >= 4 is 23.6 Å². The normalized spacial score (nSPS) is 14.7. The Kier molecular flexibility index (Phi) is 11.2. The highest BCUT2D eigenvalue weighted by atomic mass is 32.2. The summed E-state index contributed by atoms with van der Waals surface area (Å²) >= 11 is 1.43. The van der Waals surface area contributed by atoms with Crippen molar-refractivity contribution in [3.05, 3.63) is 36.0 Å². The van der Waals surface area contributed by atoms with Gasteiger partial charge in [0.1, 0.15) is 13.2 Å². The number of pyridine rings is 1. The number of ether oxygens (including phenoxy) is 2. The Morgan fingerprint density at radius 1 is 1.28 bits per heavy atom. The lowest BCUT2D eigenvalue weighted by atomic mass is 10.1. The quantitative estimate of drug-likeness (QED) is 0.315. The van der Waals surface area contributed by atoms with Crippen molar-refractivity contribution in [2.75, 3.05) is 44.4 Å². The fourth-order valence-electron chi connectivity index (χ4n) is 2.92. The van der Waals surface area contributed by atoms with E-state index in [1.54, 1.807) is 6.20 Å². The number of hydrogen-bond acceptors (Lipinski definition) is 7. The summed E-state index contributed by atoms with van der Waals surface area (Å²) in [6.45, 7) is 5.84. The SMILES string of the molecule is CC(=O)OCCSCC(=O)NCC=CCOc1cc(CN2CCCCC2)ccn1. The van der Waals surface area contributed by atoms with Gasteiger partial charge in [0.15, 0.2) is 0 Å². The average Bonchev–Trinajstić information content (AvgIpc) is 2.71. The van der Waals surface area contributed by atoms with Crippen LogP contribution in [0.2, 0.25) is 0 Å². The van der Waals surface area contributed by atoms with Crippen LogP contribution in [-0.4, -0.2) is 66.1 Å². The first-order valence-electron chi connectivity index (χ1n) is 10.1. The summed E-state index contributed by atoms with van der Waals surface area (Å²) in [4.78, 5) is 29.0. The van der Waals surface area contributed by atoms with Crippen molar-refractivity contribution in [2.24, 2.45) is 0 Å². The summed E-state index contributed by atoms with van der Waals surface area (Å²) in [6.07, 6.45) is 9.41. The van der Waals surface area contributed by atoms with Crippen LogP contribution in [-0.2, 0) is 20.9 Å². The predicted molar refractivity (Wildman–Crippen MR) is 115 cm³/mol. The van der Waals surface area contributed by atoms with Crippen LogP contribution < -0.4 is 10.1 Å². The second kappa shape index (κ2) is 14.0. The molecule has 2 rings (SSSR count). The first kappa shape index (κ1) is 23.2. The van der Waals surface area contributed by atoms with Crippen molar-refractivity contribution in [1.29, 1.82) is 0 Å². The molecule has 0 aliphatic carbocycles. The summed E-state index contributed by atoms with van der Waals surface area (Å²) < 4.78 is 10.5. The van der Waals surface area contributed by atoms with Gasteiger partial charge in [-0.2, -0.15) is 0 Å². The number of hydrogen-bond donors (Lipinski definition) is 1. The lowest BCUT2D eigenvalue weighted by Crippen LogP contribution is -2.29. The van der Waals surface area contributed by atoms with Gasteiger partial charge in [0.2, 0.25) is 11.8 Å². The van der Waals surface area contributed by atoms with Gasteiger partial charge in [0.25, 0.3) is 0 Å². The van der Waals surface area contributed by atoms with Crippen molar-refractivity contribution in [3.63, 3.8) is 0 Å². The molecule has 0 atom stereocenters. The molecular weight excluding hydrogens is 390 g/mol. The number of carbonyl (C=O) groups excluding carboxylic acids is 2. The van der Waals surface area contributed by atoms with Gasteiger partial charge in [-0.25, -0.2) is 4.98 Å². The fraction of sp³-hybridized carbons (Fsp3) is 0.571. The molecule has 0 bridgehead atoms. The first-order chi connectivity index (χ1) is 14.1. The number of carbonyl (C=O) groups is 2. The minimum Gasteiger partial charge on any atom is -0.473 e. The lowest BCUT2D eigenvalue weighted by molar-refractivity contribution is -0.140. The van der Waals surface area contributed by atoms with Crippen molar-refractivity contribution < 1.29 is 19.1 Å². The summed E-state index contributed by atoms with van der Waals surface area (Å²) in [5.41, 5.74) is 1.22. The van der Waals surface area contributed by atoms with Gasteiger partial charge in [-0.3, -0.25) is 14.5 Å². The molecular formula is C21H31N3O4S. The first-order valence-corrected chi connectivity index (χ1v) is 11.2. The Morgan fingerprint density at radius 2 is 2.10 bits per heavy atom. The molecule has 29 heavy (non-hydrogen) atoms. The highest BCUT2D eigenvalue weighted by Crippen LogP contribution is 2.15. The van der Waals surface area contributed by atoms with Crippen LogP contribution in [0.1, 0.15) is 31.7 Å². The Hall–Kier alpha value is -2.06. The topological polar surface area (TPSA) is 80.8 Å². The van der Waals surface area contributed by atoms with Gasteiger partial charge < -0.3 is 14.8 Å². The number of nitrogens with one attached hydrogen (secondary N) is 1. The number of nitrogens with zero attached hydrogens (tertiary/aromatic N) is 2. The highest BCUT2D eigenvalue weighted by molar-refractivity contribution is 7.99. The van der Waals surface area contributed by atoms with Crippen LogP contribution in [0.3, 0.4) is 0 Å². The molecule has 1 amide bonds. The molecule has 0 saturated carbocycles. The molecule has 2 heterocycles. The number of esters is 1. The second-order valence-electron chi connectivity index (χ2n) is 6.82. The summed E-state index contributed by atoms with van der Waals surface area (Å²) in [7, 11) is 0. The van der Waals surface area contributed by atoms with Crippen molar-refractivity contribution in [2.45, 2.75) is 32.7 Å². The molecule has 0 aromatic carbocycles. The molecule has 160 valence electrons. The van der Waals surface area contributed by atoms with Crippen LogP contribution in [0.5, 0.6) is 5.88 Å². The molecule has 1 fully saturated rings. The van der Waals surface area contributed by atoms with E-state index in [4.69, 9.17) is 9.47 Å². The van der Waals surface area contributed by atoms with E-state index in [0.29, 0.717) is 37.1 Å². The van der Waals surface area contributed by atoms with Crippen LogP contribution in [0.25, 0.3) is 0 Å². The van der Waals surface area contributed by atoms with E-state index in [1.165, 1.54) is 43.5 Å². The Morgan fingerprint density at radius 3 is 2.90 bits per heavy atom. The molecule has 0 radical (unpaired) electrons. The van der Waals surface area contributed by atoms with Crippen LogP contribution >= 0.6 is 11.8 Å². The molecule has 1 aromatic rings. The van der Waals surface area contributed by atoms with Gasteiger partial charge in [-0.05, 0) is 43.6 Å². The zero-order valence-electron chi connectivity index (χ0n) is 17.1. The minimum atomic E-state index is -0.300. The molecule has 1 N–H and O–H groups in total. The van der Waals surface area contributed by atoms with Crippen LogP contribution in [0.15, 0.2) is 30.5 Å². The van der Waals surface area contributed by atoms with E-state index in [-0.39, 0.29) is 11.9 Å². The van der Waals surface area contributed by atoms with E-state index < -0.39 is 0 Å². The number of thioether (sulfide) groups is 1. The number of amides is 1. The smallest absolute Gasteiger partial charge is 0.302 e. The van der Waals surface area contributed by atoms with Gasteiger partial charge in [0.05, 0.1) is 5.75 Å². The third-order valence-electron chi connectivity index (χ3n) is 4.33. The Labute approximate surface area is 177 Å². The monoisotopic (exact) mass is 421 g/mol. The second-order valence-corrected chi connectivity index (χ2v) is 7.92. The molecule has 1 aliphatic heterocycles. The largest absolute Gasteiger partial charge is 0.473 e. The maximum absolute atomic E-state index is 11.7. The number of rotatable bonds is 12. The van der Waals surface area contributed by atoms with Crippen molar-refractivity contribution in [3.8, 4) is 5.88 Å². The maximum Gasteiger partial charge on any atom is 0.302 e. The van der Waals surface area contributed by atoms with E-state index in [1.807, 2.05) is 24.3 Å². The maximum atomic E-state index is 11.7. The van der Waals surface area contributed by atoms with Gasteiger partial charge in [-0.15, -0.1) is 11.8 Å². The van der Waals surface area contributed by atoms with Gasteiger partial charge in [0, 0.05) is 38.0 Å². The average molecular weight is 422 g/mol. The third kappa shape index (κ3) is 10.9. The van der Waals surface area contributed by atoms with Gasteiger partial charge in [-0.1, -0.05) is 12.5 Å². The van der Waals surface area contributed by atoms with Crippen molar-refractivity contribution in [1.82, 2.24) is 15.2 Å². The molecule has 1 aliphatic rings. The standard InChI is InChI=1S/C21H31N3O4S/c1-18(25)27-13-14-29-17-20(26)22-8-3-6-12-28-21-15-19(7-9-23-21)16-24-10-4-2-5-11-24/h3,6-7,9,15H,2,4-5,8,10-14,16-17H2,1H3,(H,22,26). The number of piperidine rings is 1. The molecule has 1 aromatic heterocycles. The number of aromatic nitrogens is 1. The van der Waals surface area contributed by atoms with E-state index in [2.05, 4.69) is 15.2 Å². The zero-order chi connectivity index (χ0) is 20.7. The molecule has 8 heteroatoms. The summed E-state index contributed by atoms with van der Waals surface area (Å²) in [5.74, 6) is 1.24. The van der Waals surface area contributed by atoms with Gasteiger partial charge >= 0.3 is 5.97 Å². The molecule has 1 saturated heterocycles. The predicted octanol–water partition coefficient (Wildman–Crippen LogP) is 2.42. The summed E-state index contributed by atoms with van der Waals surface area (Å²) in [5, 5.41) is 2.80. The molecule has 0 spiro atoms. The number of likely N-dealkylation sites (tertiary alicyclic amines) is 1. The zero-order valence-corrected chi connectivity index (χ0v) is 17.9. The Bertz CT molecular complexity index is 663. The highest BCUT2D eigenvalue weighted by Gasteiger charge is 2.10. The third-order valence-corrected chi connectivity index (χ3v) is 5.25. The van der Waals surface area contributed by atoms with E-state index in [9.17, 15) is 9.59 Å². The van der Waals surface area contributed by atoms with Crippen LogP contribution in [0.4, 0.5) is 0 Å². The fourth-order valence-corrected chi connectivity index (χ4v) is 3.55. The summed E-state index contributed by atoms with van der Waals surface area (Å²) in [6, 6.07) is 4.04. The minimum absolute atomic E-state index is 0.0459. The van der Waals surface area contributed by atoms with Crippen LogP contribution in [0, 0.1) is 0 Å². The molecule has 7 nitrogen and oxygen atoms in total. The molecule has 0 unspecified atom stereocenters. The van der Waals surface area contributed by atoms with E-state index >= 15 is 0 Å². The lowest BCUT2D eigenvalue weighted by Gasteiger charge is -2.26.